The molecular formula is C26H30F4N2O3. The fourth-order valence-corrected chi connectivity index (χ4v) is 5.76. The topological polar surface area (TPSA) is 50.8 Å². The van der Waals surface area contributed by atoms with Crippen molar-refractivity contribution in [2.24, 2.45) is 5.41 Å². The van der Waals surface area contributed by atoms with Gasteiger partial charge < -0.3 is 19.7 Å². The summed E-state index contributed by atoms with van der Waals surface area (Å²) in [7, 11) is 2.49. The number of nitrogens with zero attached hydrogens (tertiary/aromatic N) is 1. The van der Waals surface area contributed by atoms with Gasteiger partial charge in [0.1, 0.15) is 11.6 Å². The highest BCUT2D eigenvalue weighted by molar-refractivity contribution is 5.88. The number of alkyl halides is 3. The largest absolute Gasteiger partial charge is 0.496 e. The Balaban J connectivity index is 1.62. The van der Waals surface area contributed by atoms with Crippen LogP contribution in [0, 0.1) is 11.2 Å². The van der Waals surface area contributed by atoms with E-state index in [1.807, 2.05) is 24.3 Å². The maximum atomic E-state index is 14.4. The molecule has 1 N–H and O–H groups in total. The monoisotopic (exact) mass is 494 g/mol. The molecule has 190 valence electrons. The number of carbonyl (C=O) groups is 1. The molecule has 1 spiro atoms. The summed E-state index contributed by atoms with van der Waals surface area (Å²) in [5, 5.41) is 3.43. The van der Waals surface area contributed by atoms with E-state index in [1.165, 1.54) is 4.90 Å². The van der Waals surface area contributed by atoms with Crippen LogP contribution in [0.2, 0.25) is 0 Å². The molecule has 2 saturated heterocycles. The van der Waals surface area contributed by atoms with Crippen molar-refractivity contribution >= 4 is 5.91 Å². The van der Waals surface area contributed by atoms with Gasteiger partial charge in [-0.3, -0.25) is 4.79 Å². The molecular weight excluding hydrogens is 464 g/mol. The highest BCUT2D eigenvalue weighted by Crippen LogP contribution is 2.51. The molecule has 2 fully saturated rings. The van der Waals surface area contributed by atoms with Gasteiger partial charge >= 0.3 is 6.18 Å². The van der Waals surface area contributed by atoms with Gasteiger partial charge in [-0.2, -0.15) is 13.2 Å². The maximum Gasteiger partial charge on any atom is 0.430 e. The molecule has 2 aromatic carbocycles. The van der Waals surface area contributed by atoms with Gasteiger partial charge in [0.25, 0.3) is 11.5 Å². The van der Waals surface area contributed by atoms with Crippen LogP contribution < -0.4 is 10.1 Å². The van der Waals surface area contributed by atoms with E-state index in [-0.39, 0.29) is 24.4 Å². The number of benzene rings is 2. The Bertz CT molecular complexity index is 1040. The minimum absolute atomic E-state index is 0.108. The molecule has 0 aliphatic carbocycles. The van der Waals surface area contributed by atoms with Crippen LogP contribution in [-0.2, 0) is 15.1 Å². The number of likely N-dealkylation sites (tertiary alicyclic amines) is 1. The van der Waals surface area contributed by atoms with E-state index < -0.39 is 29.1 Å². The number of para-hydroxylation sites is 1. The fraction of sp³-hybridized carbons (Fsp3) is 0.500. The Labute approximate surface area is 202 Å². The summed E-state index contributed by atoms with van der Waals surface area (Å²) in [4.78, 5) is 14.7. The number of carbonyl (C=O) groups excluding carboxylic acids is 1. The predicted octanol–water partition coefficient (Wildman–Crippen LogP) is 4.62. The number of ether oxygens (including phenoxy) is 2. The summed E-state index contributed by atoms with van der Waals surface area (Å²) < 4.78 is 67.1. The van der Waals surface area contributed by atoms with Gasteiger partial charge in [-0.25, -0.2) is 4.39 Å². The Kier molecular flexibility index (Phi) is 7.11. The van der Waals surface area contributed by atoms with Crippen molar-refractivity contribution in [3.8, 4) is 5.75 Å². The first-order chi connectivity index (χ1) is 16.7. The molecule has 0 radical (unpaired) electrons. The van der Waals surface area contributed by atoms with Crippen LogP contribution in [0.25, 0.3) is 0 Å². The third kappa shape index (κ3) is 4.40. The number of amides is 1. The maximum absolute atomic E-state index is 14.4. The number of nitrogens with one attached hydrogen (secondary N) is 1. The van der Waals surface area contributed by atoms with E-state index in [1.54, 1.807) is 7.11 Å². The molecule has 0 aromatic heterocycles. The molecule has 2 aliphatic heterocycles. The SMILES string of the molecule is COc1ccccc1C1CNCCC12CCN(C(=O)C(OC)(c1ccc(F)cc1)C(F)(F)F)CC2. The molecule has 2 aromatic rings. The Morgan fingerprint density at radius 3 is 2.29 bits per heavy atom. The van der Waals surface area contributed by atoms with Gasteiger partial charge in [0.05, 0.1) is 7.11 Å². The van der Waals surface area contributed by atoms with Gasteiger partial charge in [0, 0.05) is 38.2 Å². The van der Waals surface area contributed by atoms with Gasteiger partial charge in [-0.05, 0) is 55.0 Å². The Morgan fingerprint density at radius 2 is 1.69 bits per heavy atom. The van der Waals surface area contributed by atoms with E-state index in [0.717, 1.165) is 62.2 Å². The quantitative estimate of drug-likeness (QED) is 0.617. The van der Waals surface area contributed by atoms with Crippen molar-refractivity contribution in [1.82, 2.24) is 10.2 Å². The molecule has 2 aliphatic rings. The number of hydrogen-bond donors (Lipinski definition) is 1. The molecule has 2 unspecified atom stereocenters. The third-order valence-corrected chi connectivity index (χ3v) is 7.71. The van der Waals surface area contributed by atoms with E-state index in [2.05, 4.69) is 5.32 Å². The molecule has 9 heteroatoms. The van der Waals surface area contributed by atoms with Crippen LogP contribution in [0.1, 0.15) is 36.3 Å². The van der Waals surface area contributed by atoms with Gasteiger partial charge in [0.2, 0.25) is 0 Å². The highest BCUT2D eigenvalue weighted by atomic mass is 19.4. The van der Waals surface area contributed by atoms with Crippen LogP contribution in [-0.4, -0.2) is 57.4 Å². The zero-order valence-corrected chi connectivity index (χ0v) is 19.8. The summed E-state index contributed by atoms with van der Waals surface area (Å²) in [6, 6.07) is 11.5. The first-order valence-corrected chi connectivity index (χ1v) is 11.7. The van der Waals surface area contributed by atoms with E-state index in [0.29, 0.717) is 12.8 Å². The first kappa shape index (κ1) is 25.4. The second-order valence-electron chi connectivity index (χ2n) is 9.29. The molecule has 2 heterocycles. The lowest BCUT2D eigenvalue weighted by Gasteiger charge is -2.51. The smallest absolute Gasteiger partial charge is 0.430 e. The molecule has 0 bridgehead atoms. The van der Waals surface area contributed by atoms with Crippen LogP contribution in [0.15, 0.2) is 48.5 Å². The van der Waals surface area contributed by atoms with Crippen molar-refractivity contribution in [2.45, 2.75) is 37.0 Å². The van der Waals surface area contributed by atoms with Crippen molar-refractivity contribution in [3.05, 3.63) is 65.5 Å². The lowest BCUT2D eigenvalue weighted by Crippen LogP contribution is -2.59. The minimum atomic E-state index is -5.03. The van der Waals surface area contributed by atoms with Crippen LogP contribution in [0.4, 0.5) is 17.6 Å². The van der Waals surface area contributed by atoms with Crippen LogP contribution >= 0.6 is 0 Å². The molecule has 35 heavy (non-hydrogen) atoms. The van der Waals surface area contributed by atoms with Crippen LogP contribution in [0.5, 0.6) is 5.75 Å². The number of halogens is 4. The van der Waals surface area contributed by atoms with Crippen molar-refractivity contribution in [2.75, 3.05) is 40.4 Å². The third-order valence-electron chi connectivity index (χ3n) is 7.71. The number of methoxy groups -OCH3 is 2. The standard InChI is InChI=1S/C26H30F4N2O3/c1-34-22-6-4-3-5-20(22)21-17-31-14-11-24(21)12-15-32(16-13-24)23(33)25(35-2,26(28,29)30)18-7-9-19(27)10-8-18/h3-10,21,31H,11-17H2,1-2H3. The predicted molar refractivity (Wildman–Crippen MR) is 123 cm³/mol. The summed E-state index contributed by atoms with van der Waals surface area (Å²) in [5.41, 5.74) is -2.73. The zero-order chi connectivity index (χ0) is 25.3. The molecule has 4 rings (SSSR count). The molecule has 2 atom stereocenters. The van der Waals surface area contributed by atoms with Gasteiger partial charge in [0.15, 0.2) is 0 Å². The summed E-state index contributed by atoms with van der Waals surface area (Å²) in [6.07, 6.45) is -3.06. The highest BCUT2D eigenvalue weighted by Gasteiger charge is 2.64. The zero-order valence-electron chi connectivity index (χ0n) is 19.8. The molecule has 0 saturated carbocycles. The average Bonchev–Trinajstić information content (AvgIpc) is 2.85. The second kappa shape index (κ2) is 9.78. The fourth-order valence-electron chi connectivity index (χ4n) is 5.76. The Hall–Kier alpha value is -2.65. The summed E-state index contributed by atoms with van der Waals surface area (Å²) in [6.45, 7) is 1.88. The van der Waals surface area contributed by atoms with Crippen LogP contribution in [0.3, 0.4) is 0 Å². The lowest BCUT2D eigenvalue weighted by molar-refractivity contribution is -0.271. The van der Waals surface area contributed by atoms with Crippen molar-refractivity contribution in [1.29, 1.82) is 0 Å². The summed E-state index contributed by atoms with van der Waals surface area (Å²) in [5.74, 6) is -0.972. The van der Waals surface area contributed by atoms with E-state index in [9.17, 15) is 22.4 Å². The Morgan fingerprint density at radius 1 is 1.03 bits per heavy atom. The van der Waals surface area contributed by atoms with E-state index in [4.69, 9.17) is 9.47 Å². The summed E-state index contributed by atoms with van der Waals surface area (Å²) >= 11 is 0. The van der Waals surface area contributed by atoms with Crippen molar-refractivity contribution in [3.63, 3.8) is 0 Å². The van der Waals surface area contributed by atoms with Gasteiger partial charge in [-0.15, -0.1) is 0 Å². The minimum Gasteiger partial charge on any atom is -0.496 e. The first-order valence-electron chi connectivity index (χ1n) is 11.7. The van der Waals surface area contributed by atoms with Gasteiger partial charge in [-0.1, -0.05) is 30.3 Å². The second-order valence-corrected chi connectivity index (χ2v) is 9.29. The number of hydrogen-bond acceptors (Lipinski definition) is 4. The normalized spacial score (nSPS) is 22.0. The lowest BCUT2D eigenvalue weighted by atomic mass is 9.62. The number of piperidine rings is 2. The number of rotatable bonds is 5. The van der Waals surface area contributed by atoms with E-state index >= 15 is 0 Å². The average molecular weight is 495 g/mol. The molecule has 1 amide bonds. The van der Waals surface area contributed by atoms with Crippen molar-refractivity contribution < 1.29 is 31.8 Å². The molecule has 5 nitrogen and oxygen atoms in total.